The number of methoxy groups -OCH3 is 2. The number of aromatic amines is 1. The van der Waals surface area contributed by atoms with Gasteiger partial charge < -0.3 is 14.5 Å². The maximum absolute atomic E-state index is 13.8. The number of thiazole rings is 1. The highest BCUT2D eigenvalue weighted by molar-refractivity contribution is 8.00. The summed E-state index contributed by atoms with van der Waals surface area (Å²) in [5.41, 5.74) is 1.60. The van der Waals surface area contributed by atoms with Crippen LogP contribution >= 0.6 is 34.7 Å². The molecule has 7 atom stereocenters. The average Bonchev–Trinajstić information content (AvgIpc) is 3.63. The van der Waals surface area contributed by atoms with E-state index in [4.69, 9.17) is 21.1 Å². The number of imide groups is 1. The van der Waals surface area contributed by atoms with Crippen molar-refractivity contribution in [1.82, 2.24) is 4.98 Å². The second-order valence-electron chi connectivity index (χ2n) is 10.1. The zero-order valence-corrected chi connectivity index (χ0v) is 22.4. The Balaban J connectivity index is 1.32. The van der Waals surface area contributed by atoms with Crippen LogP contribution in [0.15, 0.2) is 52.3 Å². The molecule has 7 rings (SSSR count). The normalized spacial score (nSPS) is 31.3. The molecule has 1 aromatic heterocycles. The lowest BCUT2D eigenvalue weighted by atomic mass is 9.68. The highest BCUT2D eigenvalue weighted by Crippen LogP contribution is 2.68. The Bertz CT molecular complexity index is 1500. The van der Waals surface area contributed by atoms with E-state index in [1.54, 1.807) is 50.2 Å². The number of anilines is 1. The van der Waals surface area contributed by atoms with Gasteiger partial charge in [0.25, 0.3) is 0 Å². The first-order valence-electron chi connectivity index (χ1n) is 12.2. The lowest BCUT2D eigenvalue weighted by Crippen LogP contribution is -2.42. The number of halogens is 1. The molecule has 10 heteroatoms. The molecule has 2 aliphatic carbocycles. The zero-order valence-electron chi connectivity index (χ0n) is 20.0. The van der Waals surface area contributed by atoms with Gasteiger partial charge in [-0.15, -0.1) is 11.8 Å². The van der Waals surface area contributed by atoms with Crippen molar-refractivity contribution in [3.05, 3.63) is 67.6 Å². The van der Waals surface area contributed by atoms with Gasteiger partial charge in [-0.3, -0.25) is 19.3 Å². The summed E-state index contributed by atoms with van der Waals surface area (Å²) in [7, 11) is 3.21. The molecule has 37 heavy (non-hydrogen) atoms. The number of thioether (sulfide) groups is 1. The summed E-state index contributed by atoms with van der Waals surface area (Å²) in [6.45, 7) is 0. The largest absolute Gasteiger partial charge is 0.493 e. The van der Waals surface area contributed by atoms with Crippen molar-refractivity contribution in [1.29, 1.82) is 0 Å². The van der Waals surface area contributed by atoms with Gasteiger partial charge in [0.05, 0.1) is 36.8 Å². The molecule has 0 unspecified atom stereocenters. The Morgan fingerprint density at radius 1 is 0.946 bits per heavy atom. The summed E-state index contributed by atoms with van der Waals surface area (Å²) in [6, 6.07) is 12.8. The molecule has 4 aliphatic rings. The van der Waals surface area contributed by atoms with Gasteiger partial charge in [0, 0.05) is 21.1 Å². The topological polar surface area (TPSA) is 88.7 Å². The van der Waals surface area contributed by atoms with E-state index in [1.807, 2.05) is 18.2 Å². The van der Waals surface area contributed by atoms with Gasteiger partial charge in [0.2, 0.25) is 11.8 Å². The van der Waals surface area contributed by atoms with E-state index in [-0.39, 0.29) is 57.4 Å². The number of amides is 2. The molecule has 2 saturated carbocycles. The number of ether oxygens (including phenoxy) is 2. The Labute approximate surface area is 226 Å². The van der Waals surface area contributed by atoms with Gasteiger partial charge in [-0.05, 0) is 66.1 Å². The van der Waals surface area contributed by atoms with Gasteiger partial charge in [-0.1, -0.05) is 29.0 Å². The Kier molecular flexibility index (Phi) is 5.29. The van der Waals surface area contributed by atoms with E-state index in [1.165, 1.54) is 16.2 Å². The SMILES string of the molecule is COc1ccc([C@@H]2c3sc(=O)[nH]c3S[C@@H]3[C@@H]4C[C@H]([C@H]5C(=O)N(c6ccc(Cl)cc6)C(=O)[C@H]45)[C@H]23)cc1OC. The number of rotatable bonds is 4. The maximum atomic E-state index is 13.8. The first-order chi connectivity index (χ1) is 17.9. The minimum atomic E-state index is -0.352. The Morgan fingerprint density at radius 3 is 2.35 bits per heavy atom. The third kappa shape index (κ3) is 3.23. The van der Waals surface area contributed by atoms with E-state index in [2.05, 4.69) is 4.98 Å². The van der Waals surface area contributed by atoms with Gasteiger partial charge in [-0.2, -0.15) is 0 Å². The van der Waals surface area contributed by atoms with Crippen molar-refractivity contribution in [2.45, 2.75) is 22.6 Å². The highest BCUT2D eigenvalue weighted by Gasteiger charge is 2.69. The number of hydrogen-bond donors (Lipinski definition) is 1. The van der Waals surface area contributed by atoms with Crippen LogP contribution in [0, 0.1) is 29.6 Å². The number of nitrogens with one attached hydrogen (secondary N) is 1. The number of benzene rings is 2. The number of carbonyl (C=O) groups is 2. The summed E-state index contributed by atoms with van der Waals surface area (Å²) >= 11 is 8.97. The molecule has 2 amide bonds. The number of carbonyl (C=O) groups excluding carboxylic acids is 2. The van der Waals surface area contributed by atoms with E-state index >= 15 is 0 Å². The van der Waals surface area contributed by atoms with Crippen molar-refractivity contribution < 1.29 is 19.1 Å². The predicted molar refractivity (Wildman–Crippen MR) is 142 cm³/mol. The first kappa shape index (κ1) is 23.4. The fourth-order valence-corrected chi connectivity index (χ4v) is 10.3. The third-order valence-electron chi connectivity index (χ3n) is 8.58. The second-order valence-corrected chi connectivity index (χ2v) is 12.7. The molecule has 2 aromatic carbocycles. The zero-order chi connectivity index (χ0) is 25.6. The van der Waals surface area contributed by atoms with Crippen LogP contribution in [0.4, 0.5) is 5.69 Å². The fraction of sp³-hybridized carbons (Fsp3) is 0.370. The summed E-state index contributed by atoms with van der Waals surface area (Å²) in [5.74, 6) is 0.504. The molecule has 2 aliphatic heterocycles. The van der Waals surface area contributed by atoms with Crippen molar-refractivity contribution >= 4 is 52.2 Å². The summed E-state index contributed by atoms with van der Waals surface area (Å²) in [5, 5.41) is 1.57. The van der Waals surface area contributed by atoms with Gasteiger partial charge >= 0.3 is 4.87 Å². The quantitative estimate of drug-likeness (QED) is 0.467. The van der Waals surface area contributed by atoms with Crippen LogP contribution in [-0.4, -0.2) is 36.3 Å². The first-order valence-corrected chi connectivity index (χ1v) is 14.2. The lowest BCUT2D eigenvalue weighted by Gasteiger charge is -2.43. The predicted octanol–water partition coefficient (Wildman–Crippen LogP) is 4.78. The fourth-order valence-electron chi connectivity index (χ4n) is 7.28. The molecule has 1 N–H and O–H groups in total. The minimum absolute atomic E-state index is 0.0460. The maximum Gasteiger partial charge on any atom is 0.305 e. The smallest absolute Gasteiger partial charge is 0.305 e. The summed E-state index contributed by atoms with van der Waals surface area (Å²) in [4.78, 5) is 45.3. The van der Waals surface area contributed by atoms with Crippen LogP contribution in [0.2, 0.25) is 5.02 Å². The van der Waals surface area contributed by atoms with Crippen LogP contribution in [0.5, 0.6) is 11.5 Å². The van der Waals surface area contributed by atoms with Crippen molar-refractivity contribution in [3.8, 4) is 11.5 Å². The van der Waals surface area contributed by atoms with Crippen LogP contribution in [-0.2, 0) is 9.59 Å². The highest BCUT2D eigenvalue weighted by atomic mass is 35.5. The lowest BCUT2D eigenvalue weighted by molar-refractivity contribution is -0.123. The third-order valence-corrected chi connectivity index (χ3v) is 11.4. The molecular formula is C27H23ClN2O5S2. The van der Waals surface area contributed by atoms with Crippen LogP contribution in [0.25, 0.3) is 0 Å². The summed E-state index contributed by atoms with van der Waals surface area (Å²) in [6.07, 6.45) is 0.840. The van der Waals surface area contributed by atoms with Gasteiger partial charge in [0.15, 0.2) is 11.5 Å². The van der Waals surface area contributed by atoms with Crippen LogP contribution in [0.3, 0.4) is 0 Å². The number of nitrogens with zero attached hydrogens (tertiary/aromatic N) is 1. The molecule has 3 aromatic rings. The molecule has 1 saturated heterocycles. The molecule has 3 heterocycles. The standard InChI is InChI=1S/C27H23ClN2O5S2/c1-34-16-8-3-11(9-17(16)35-2)18-19-14-10-15(22(19)36-24-23(18)37-27(33)29-24)21-20(14)25(31)30(26(21)32)13-6-4-12(28)5-7-13/h3-9,14-15,18-22H,10H2,1-2H3,(H,29,33)/t14-,15+,18-,19+,20+,21+,22+/m0/s1. The number of H-pyrrole nitrogens is 1. The van der Waals surface area contributed by atoms with Crippen LogP contribution < -0.4 is 19.2 Å². The van der Waals surface area contributed by atoms with Gasteiger partial charge in [0.1, 0.15) is 0 Å². The molecule has 2 bridgehead atoms. The van der Waals surface area contributed by atoms with Gasteiger partial charge in [-0.25, -0.2) is 0 Å². The minimum Gasteiger partial charge on any atom is -0.493 e. The Morgan fingerprint density at radius 2 is 1.65 bits per heavy atom. The van der Waals surface area contributed by atoms with E-state index < -0.39 is 0 Å². The molecule has 3 fully saturated rings. The molecule has 0 spiro atoms. The van der Waals surface area contributed by atoms with E-state index in [0.29, 0.717) is 22.2 Å². The molecular weight excluding hydrogens is 532 g/mol. The monoisotopic (exact) mass is 554 g/mol. The summed E-state index contributed by atoms with van der Waals surface area (Å²) < 4.78 is 11.0. The Hall–Kier alpha value is -2.75. The number of hydrogen-bond acceptors (Lipinski definition) is 7. The van der Waals surface area contributed by atoms with E-state index in [9.17, 15) is 14.4 Å². The van der Waals surface area contributed by atoms with E-state index in [0.717, 1.165) is 21.9 Å². The molecule has 0 radical (unpaired) electrons. The van der Waals surface area contributed by atoms with Crippen molar-refractivity contribution in [2.24, 2.45) is 29.6 Å². The number of fused-ring (bicyclic) bond motifs is 9. The number of aromatic nitrogens is 1. The molecule has 7 nitrogen and oxygen atoms in total. The van der Waals surface area contributed by atoms with Crippen molar-refractivity contribution in [3.63, 3.8) is 0 Å². The van der Waals surface area contributed by atoms with Crippen molar-refractivity contribution in [2.75, 3.05) is 19.1 Å². The van der Waals surface area contributed by atoms with Crippen LogP contribution in [0.1, 0.15) is 22.8 Å². The average molecular weight is 555 g/mol. The second kappa shape index (κ2) is 8.38. The molecule has 190 valence electrons.